The molecule has 0 heterocycles. The van der Waals surface area contributed by atoms with Crippen molar-refractivity contribution in [3.8, 4) is 0 Å². The lowest BCUT2D eigenvalue weighted by atomic mass is 9.70. The topological polar surface area (TPSA) is 12.0 Å². The molecule has 1 saturated carbocycles. The molecule has 0 aromatic heterocycles. The van der Waals surface area contributed by atoms with Gasteiger partial charge in [-0.25, -0.2) is 8.78 Å². The summed E-state index contributed by atoms with van der Waals surface area (Å²) < 4.78 is 27.8. The van der Waals surface area contributed by atoms with Crippen LogP contribution in [0.4, 0.5) is 8.78 Å². The number of halogens is 2. The standard InChI is InChI=1S/C16H23F2N/c1-16(2)9-7-11(8-10-16)15(19-3)14-12(17)5-4-6-13(14)18/h4-6,11,15,19H,7-10H2,1-3H3. The van der Waals surface area contributed by atoms with Gasteiger partial charge in [0.2, 0.25) is 0 Å². The molecule has 1 N–H and O–H groups in total. The van der Waals surface area contributed by atoms with Crippen molar-refractivity contribution in [3.63, 3.8) is 0 Å². The minimum Gasteiger partial charge on any atom is -0.313 e. The second-order valence-corrected chi connectivity index (χ2v) is 6.40. The lowest BCUT2D eigenvalue weighted by Crippen LogP contribution is -2.32. The summed E-state index contributed by atoms with van der Waals surface area (Å²) in [5.41, 5.74) is 0.567. The van der Waals surface area contributed by atoms with Gasteiger partial charge >= 0.3 is 0 Å². The Morgan fingerprint density at radius 1 is 1.16 bits per heavy atom. The Morgan fingerprint density at radius 2 is 1.68 bits per heavy atom. The Balaban J connectivity index is 2.21. The Bertz CT molecular complexity index is 412. The van der Waals surface area contributed by atoms with E-state index in [2.05, 4.69) is 19.2 Å². The number of nitrogens with one attached hydrogen (secondary N) is 1. The van der Waals surface area contributed by atoms with E-state index in [1.165, 1.54) is 18.2 Å². The molecule has 0 saturated heterocycles. The Labute approximate surface area is 114 Å². The van der Waals surface area contributed by atoms with Crippen LogP contribution in [0.25, 0.3) is 0 Å². The highest BCUT2D eigenvalue weighted by molar-refractivity contribution is 5.24. The highest BCUT2D eigenvalue weighted by Gasteiger charge is 2.33. The van der Waals surface area contributed by atoms with Gasteiger partial charge in [-0.15, -0.1) is 0 Å². The second-order valence-electron chi connectivity index (χ2n) is 6.40. The summed E-state index contributed by atoms with van der Waals surface area (Å²) in [6, 6.07) is 3.88. The molecule has 1 unspecified atom stereocenters. The number of benzene rings is 1. The van der Waals surface area contributed by atoms with E-state index in [0.717, 1.165) is 25.7 Å². The lowest BCUT2D eigenvalue weighted by Gasteiger charge is -2.38. The van der Waals surface area contributed by atoms with Crippen LogP contribution in [-0.4, -0.2) is 7.05 Å². The summed E-state index contributed by atoms with van der Waals surface area (Å²) in [6.45, 7) is 4.53. The van der Waals surface area contributed by atoms with Crippen LogP contribution in [0.1, 0.15) is 51.1 Å². The molecule has 0 spiro atoms. The molecular weight excluding hydrogens is 244 g/mol. The van der Waals surface area contributed by atoms with Gasteiger partial charge in [0, 0.05) is 11.6 Å². The van der Waals surface area contributed by atoms with Crippen LogP contribution in [-0.2, 0) is 0 Å². The maximum atomic E-state index is 13.9. The SMILES string of the molecule is CNC(c1c(F)cccc1F)C1CCC(C)(C)CC1. The van der Waals surface area contributed by atoms with E-state index in [1.54, 1.807) is 7.05 Å². The second kappa shape index (κ2) is 5.58. The first-order valence-electron chi connectivity index (χ1n) is 7.06. The summed E-state index contributed by atoms with van der Waals surface area (Å²) >= 11 is 0. The van der Waals surface area contributed by atoms with Crippen molar-refractivity contribution >= 4 is 0 Å². The fourth-order valence-corrected chi connectivity index (χ4v) is 3.18. The number of hydrogen-bond acceptors (Lipinski definition) is 1. The smallest absolute Gasteiger partial charge is 0.130 e. The van der Waals surface area contributed by atoms with Crippen LogP contribution < -0.4 is 5.32 Å². The zero-order valence-electron chi connectivity index (χ0n) is 12.0. The van der Waals surface area contributed by atoms with E-state index < -0.39 is 11.6 Å². The summed E-state index contributed by atoms with van der Waals surface area (Å²) in [5, 5.41) is 3.12. The highest BCUT2D eigenvalue weighted by Crippen LogP contribution is 2.43. The molecule has 2 rings (SSSR count). The average Bonchev–Trinajstić information content (AvgIpc) is 2.35. The summed E-state index contributed by atoms with van der Waals surface area (Å²) in [7, 11) is 1.79. The van der Waals surface area contributed by atoms with Crippen molar-refractivity contribution in [1.29, 1.82) is 0 Å². The van der Waals surface area contributed by atoms with Crippen LogP contribution in [0.3, 0.4) is 0 Å². The third kappa shape index (κ3) is 3.14. The largest absolute Gasteiger partial charge is 0.313 e. The lowest BCUT2D eigenvalue weighted by molar-refractivity contribution is 0.161. The van der Waals surface area contributed by atoms with Crippen LogP contribution in [0.2, 0.25) is 0 Å². The monoisotopic (exact) mass is 267 g/mol. The molecule has 19 heavy (non-hydrogen) atoms. The molecule has 0 aliphatic heterocycles. The fraction of sp³-hybridized carbons (Fsp3) is 0.625. The van der Waals surface area contributed by atoms with Gasteiger partial charge in [0.15, 0.2) is 0 Å². The van der Waals surface area contributed by atoms with Crippen molar-refractivity contribution in [3.05, 3.63) is 35.4 Å². The van der Waals surface area contributed by atoms with Gasteiger partial charge in [-0.05, 0) is 56.2 Å². The first-order valence-corrected chi connectivity index (χ1v) is 7.06. The third-order valence-corrected chi connectivity index (χ3v) is 4.48. The minimum atomic E-state index is -0.441. The average molecular weight is 267 g/mol. The first kappa shape index (κ1) is 14.4. The van der Waals surface area contributed by atoms with E-state index in [-0.39, 0.29) is 11.6 Å². The molecule has 1 atom stereocenters. The normalized spacial score (nSPS) is 21.3. The molecule has 1 fully saturated rings. The predicted molar refractivity (Wildman–Crippen MR) is 73.9 cm³/mol. The Hall–Kier alpha value is -0.960. The molecular formula is C16H23F2N. The zero-order valence-corrected chi connectivity index (χ0v) is 12.0. The molecule has 1 nitrogen and oxygen atoms in total. The molecule has 106 valence electrons. The third-order valence-electron chi connectivity index (χ3n) is 4.48. The molecule has 0 amide bonds. The van der Waals surface area contributed by atoms with Gasteiger partial charge in [-0.1, -0.05) is 19.9 Å². The molecule has 0 bridgehead atoms. The maximum Gasteiger partial charge on any atom is 0.130 e. The van der Waals surface area contributed by atoms with Gasteiger partial charge in [-0.2, -0.15) is 0 Å². The van der Waals surface area contributed by atoms with Crippen LogP contribution >= 0.6 is 0 Å². The summed E-state index contributed by atoms with van der Waals surface area (Å²) in [6.07, 6.45) is 4.27. The quantitative estimate of drug-likeness (QED) is 0.853. The zero-order chi connectivity index (χ0) is 14.0. The van der Waals surface area contributed by atoms with Gasteiger partial charge in [0.25, 0.3) is 0 Å². The van der Waals surface area contributed by atoms with E-state index >= 15 is 0 Å². The van der Waals surface area contributed by atoms with Gasteiger partial charge in [-0.3, -0.25) is 0 Å². The summed E-state index contributed by atoms with van der Waals surface area (Å²) in [5.74, 6) is -0.571. The molecule has 1 aromatic carbocycles. The molecule has 3 heteroatoms. The van der Waals surface area contributed by atoms with Crippen molar-refractivity contribution in [2.24, 2.45) is 11.3 Å². The first-order chi connectivity index (χ1) is 8.94. The molecule has 1 aromatic rings. The van der Waals surface area contributed by atoms with Gasteiger partial charge in [0.05, 0.1) is 0 Å². The predicted octanol–water partition coefficient (Wildman–Crippen LogP) is 4.44. The fourth-order valence-electron chi connectivity index (χ4n) is 3.18. The highest BCUT2D eigenvalue weighted by atomic mass is 19.1. The van der Waals surface area contributed by atoms with E-state index in [0.29, 0.717) is 11.3 Å². The van der Waals surface area contributed by atoms with E-state index in [1.807, 2.05) is 0 Å². The molecule has 0 radical (unpaired) electrons. The van der Waals surface area contributed by atoms with Crippen LogP contribution in [0, 0.1) is 23.0 Å². The van der Waals surface area contributed by atoms with Crippen LogP contribution in [0.15, 0.2) is 18.2 Å². The van der Waals surface area contributed by atoms with E-state index in [9.17, 15) is 8.78 Å². The Kier molecular flexibility index (Phi) is 4.24. The molecule has 1 aliphatic carbocycles. The minimum absolute atomic E-state index is 0.203. The number of hydrogen-bond donors (Lipinski definition) is 1. The molecule has 1 aliphatic rings. The van der Waals surface area contributed by atoms with E-state index in [4.69, 9.17) is 0 Å². The Morgan fingerprint density at radius 3 is 2.16 bits per heavy atom. The van der Waals surface area contributed by atoms with Crippen molar-refractivity contribution < 1.29 is 8.78 Å². The van der Waals surface area contributed by atoms with Crippen molar-refractivity contribution in [1.82, 2.24) is 5.32 Å². The van der Waals surface area contributed by atoms with Gasteiger partial charge in [0.1, 0.15) is 11.6 Å². The number of rotatable bonds is 3. The van der Waals surface area contributed by atoms with Crippen molar-refractivity contribution in [2.45, 2.75) is 45.6 Å². The van der Waals surface area contributed by atoms with Gasteiger partial charge < -0.3 is 5.32 Å². The van der Waals surface area contributed by atoms with Crippen molar-refractivity contribution in [2.75, 3.05) is 7.05 Å². The van der Waals surface area contributed by atoms with Crippen LogP contribution in [0.5, 0.6) is 0 Å². The maximum absolute atomic E-state index is 13.9. The summed E-state index contributed by atoms with van der Waals surface area (Å²) in [4.78, 5) is 0.